The standard InChI is InChI=1S/C14H15BrN2O4/c1-6-11(7(2)18)12(17-14(20)16-6)8-4-9(15)13(19)10(5-8)21-3/h4-5,12,19H,1-3H3,(H2,16,17,20). The highest BCUT2D eigenvalue weighted by molar-refractivity contribution is 9.10. The van der Waals surface area contributed by atoms with Gasteiger partial charge in [0, 0.05) is 11.3 Å². The Bertz CT molecular complexity index is 655. The highest BCUT2D eigenvalue weighted by atomic mass is 79.9. The molecule has 1 aromatic carbocycles. The molecule has 7 heteroatoms. The monoisotopic (exact) mass is 354 g/mol. The number of phenolic OH excluding ortho intramolecular Hbond substituents is 1. The Morgan fingerprint density at radius 2 is 2.10 bits per heavy atom. The second kappa shape index (κ2) is 5.77. The molecule has 1 aromatic rings. The molecule has 2 rings (SSSR count). The summed E-state index contributed by atoms with van der Waals surface area (Å²) in [7, 11) is 1.43. The molecule has 0 saturated heterocycles. The summed E-state index contributed by atoms with van der Waals surface area (Å²) >= 11 is 3.23. The first-order valence-electron chi connectivity index (χ1n) is 6.20. The number of nitrogens with one attached hydrogen (secondary N) is 2. The Morgan fingerprint density at radius 1 is 1.43 bits per heavy atom. The van der Waals surface area contributed by atoms with Crippen LogP contribution in [0.25, 0.3) is 0 Å². The number of benzene rings is 1. The maximum absolute atomic E-state index is 11.9. The van der Waals surface area contributed by atoms with Crippen molar-refractivity contribution < 1.29 is 19.4 Å². The van der Waals surface area contributed by atoms with Crippen molar-refractivity contribution in [3.8, 4) is 11.5 Å². The van der Waals surface area contributed by atoms with E-state index in [0.717, 1.165) is 0 Å². The van der Waals surface area contributed by atoms with Crippen LogP contribution in [0.15, 0.2) is 27.9 Å². The van der Waals surface area contributed by atoms with Gasteiger partial charge in [0.05, 0.1) is 17.6 Å². The summed E-state index contributed by atoms with van der Waals surface area (Å²) < 4.78 is 5.52. The molecule has 1 aliphatic rings. The van der Waals surface area contributed by atoms with Crippen LogP contribution in [0.3, 0.4) is 0 Å². The van der Waals surface area contributed by atoms with Crippen molar-refractivity contribution in [3.63, 3.8) is 0 Å². The Kier molecular flexibility index (Phi) is 4.22. The van der Waals surface area contributed by atoms with E-state index in [1.165, 1.54) is 14.0 Å². The first kappa shape index (κ1) is 15.4. The molecule has 0 saturated carbocycles. The van der Waals surface area contributed by atoms with E-state index in [1.54, 1.807) is 19.1 Å². The van der Waals surface area contributed by atoms with Gasteiger partial charge in [0.1, 0.15) is 0 Å². The molecular weight excluding hydrogens is 340 g/mol. The van der Waals surface area contributed by atoms with Gasteiger partial charge in [-0.2, -0.15) is 0 Å². The van der Waals surface area contributed by atoms with Crippen LogP contribution in [0.1, 0.15) is 25.5 Å². The van der Waals surface area contributed by atoms with Gasteiger partial charge in [0.25, 0.3) is 0 Å². The lowest BCUT2D eigenvalue weighted by molar-refractivity contribution is -0.114. The number of rotatable bonds is 3. The molecule has 2 amide bonds. The van der Waals surface area contributed by atoms with Crippen molar-refractivity contribution in [2.75, 3.05) is 7.11 Å². The van der Waals surface area contributed by atoms with Gasteiger partial charge in [-0.1, -0.05) is 0 Å². The fourth-order valence-electron chi connectivity index (χ4n) is 2.33. The zero-order valence-electron chi connectivity index (χ0n) is 11.8. The fraction of sp³-hybridized carbons (Fsp3) is 0.286. The van der Waals surface area contributed by atoms with Crippen molar-refractivity contribution in [3.05, 3.63) is 33.4 Å². The Labute approximate surface area is 130 Å². The van der Waals surface area contributed by atoms with Crippen molar-refractivity contribution in [1.82, 2.24) is 10.6 Å². The summed E-state index contributed by atoms with van der Waals surface area (Å²) in [6.45, 7) is 3.12. The number of amides is 2. The smallest absolute Gasteiger partial charge is 0.319 e. The van der Waals surface area contributed by atoms with Gasteiger partial charge >= 0.3 is 6.03 Å². The summed E-state index contributed by atoms with van der Waals surface area (Å²) in [5.74, 6) is 0.0764. The van der Waals surface area contributed by atoms with Crippen LogP contribution in [-0.2, 0) is 4.79 Å². The number of urea groups is 1. The van der Waals surface area contributed by atoms with Crippen LogP contribution in [0.4, 0.5) is 4.79 Å². The zero-order valence-corrected chi connectivity index (χ0v) is 13.4. The molecule has 3 N–H and O–H groups in total. The van der Waals surface area contributed by atoms with Gasteiger partial charge in [-0.25, -0.2) is 4.79 Å². The van der Waals surface area contributed by atoms with Crippen molar-refractivity contribution in [2.45, 2.75) is 19.9 Å². The lowest BCUT2D eigenvalue weighted by atomic mass is 9.93. The molecule has 0 fully saturated rings. The van der Waals surface area contributed by atoms with Crippen LogP contribution in [0.2, 0.25) is 0 Å². The van der Waals surface area contributed by atoms with Crippen LogP contribution >= 0.6 is 15.9 Å². The van der Waals surface area contributed by atoms with Crippen LogP contribution in [0.5, 0.6) is 11.5 Å². The highest BCUT2D eigenvalue weighted by Crippen LogP contribution is 2.39. The third-order valence-electron chi connectivity index (χ3n) is 3.25. The number of Topliss-reactive ketones (excluding diaryl/α,β-unsaturated/α-hetero) is 1. The zero-order chi connectivity index (χ0) is 15.7. The van der Waals surface area contributed by atoms with E-state index >= 15 is 0 Å². The molecule has 0 aromatic heterocycles. The first-order chi connectivity index (χ1) is 9.85. The van der Waals surface area contributed by atoms with Gasteiger partial charge in [0.2, 0.25) is 0 Å². The molecule has 1 heterocycles. The van der Waals surface area contributed by atoms with E-state index in [-0.39, 0.29) is 23.3 Å². The van der Waals surface area contributed by atoms with E-state index in [9.17, 15) is 14.7 Å². The number of allylic oxidation sites excluding steroid dienone is 1. The molecule has 0 spiro atoms. The number of methoxy groups -OCH3 is 1. The minimum Gasteiger partial charge on any atom is -0.503 e. The quantitative estimate of drug-likeness (QED) is 0.777. The predicted molar refractivity (Wildman–Crippen MR) is 80.1 cm³/mol. The highest BCUT2D eigenvalue weighted by Gasteiger charge is 2.30. The molecular formula is C14H15BrN2O4. The average Bonchev–Trinajstić information content (AvgIpc) is 2.40. The predicted octanol–water partition coefficient (Wildman–Crippen LogP) is 2.38. The number of halogens is 1. The molecule has 1 atom stereocenters. The number of hydrogen-bond donors (Lipinski definition) is 3. The van der Waals surface area contributed by atoms with Crippen LogP contribution in [0, 0.1) is 0 Å². The van der Waals surface area contributed by atoms with Gasteiger partial charge < -0.3 is 20.5 Å². The van der Waals surface area contributed by atoms with Crippen LogP contribution < -0.4 is 15.4 Å². The Hall–Kier alpha value is -2.02. The summed E-state index contributed by atoms with van der Waals surface area (Å²) in [4.78, 5) is 23.5. The molecule has 0 radical (unpaired) electrons. The lowest BCUT2D eigenvalue weighted by Gasteiger charge is -2.28. The molecule has 21 heavy (non-hydrogen) atoms. The lowest BCUT2D eigenvalue weighted by Crippen LogP contribution is -2.44. The molecule has 1 aliphatic heterocycles. The van der Waals surface area contributed by atoms with Crippen molar-refractivity contribution in [1.29, 1.82) is 0 Å². The molecule has 0 aliphatic carbocycles. The number of ketones is 1. The Morgan fingerprint density at radius 3 is 2.67 bits per heavy atom. The number of phenols is 1. The van der Waals surface area contributed by atoms with Gasteiger partial charge in [0.15, 0.2) is 17.3 Å². The number of carbonyl (C=O) groups excluding carboxylic acids is 2. The van der Waals surface area contributed by atoms with E-state index in [1.807, 2.05) is 0 Å². The van der Waals surface area contributed by atoms with E-state index < -0.39 is 6.04 Å². The number of carbonyl (C=O) groups is 2. The van der Waals surface area contributed by atoms with E-state index in [2.05, 4.69) is 26.6 Å². The molecule has 6 nitrogen and oxygen atoms in total. The maximum atomic E-state index is 11.9. The van der Waals surface area contributed by atoms with Gasteiger partial charge in [-0.15, -0.1) is 0 Å². The normalized spacial score (nSPS) is 18.1. The van der Waals surface area contributed by atoms with Crippen molar-refractivity contribution >= 4 is 27.7 Å². The minimum absolute atomic E-state index is 0.0356. The Balaban J connectivity index is 2.58. The minimum atomic E-state index is -0.595. The third kappa shape index (κ3) is 2.87. The third-order valence-corrected chi connectivity index (χ3v) is 3.86. The largest absolute Gasteiger partial charge is 0.503 e. The second-order valence-electron chi connectivity index (χ2n) is 4.68. The maximum Gasteiger partial charge on any atom is 0.319 e. The topological polar surface area (TPSA) is 87.7 Å². The summed E-state index contributed by atoms with van der Waals surface area (Å²) in [6.07, 6.45) is 0. The number of aromatic hydroxyl groups is 1. The van der Waals surface area contributed by atoms with Crippen LogP contribution in [-0.4, -0.2) is 24.0 Å². The molecule has 1 unspecified atom stereocenters. The summed E-state index contributed by atoms with van der Waals surface area (Å²) in [6, 6.07) is 2.25. The SMILES string of the molecule is COc1cc(C2NC(=O)NC(C)=C2C(C)=O)cc(Br)c1O. The van der Waals surface area contributed by atoms with Gasteiger partial charge in [-0.3, -0.25) is 4.79 Å². The molecule has 112 valence electrons. The first-order valence-corrected chi connectivity index (χ1v) is 7.00. The number of hydrogen-bond acceptors (Lipinski definition) is 4. The van der Waals surface area contributed by atoms with E-state index in [0.29, 0.717) is 21.3 Å². The summed E-state index contributed by atoms with van der Waals surface area (Å²) in [5.41, 5.74) is 1.62. The van der Waals surface area contributed by atoms with Gasteiger partial charge in [-0.05, 0) is 47.5 Å². The van der Waals surface area contributed by atoms with Crippen molar-refractivity contribution in [2.24, 2.45) is 0 Å². The summed E-state index contributed by atoms with van der Waals surface area (Å²) in [5, 5.41) is 15.1. The number of ether oxygens (including phenoxy) is 1. The fourth-order valence-corrected chi connectivity index (χ4v) is 2.79. The molecule has 0 bridgehead atoms. The van der Waals surface area contributed by atoms with E-state index in [4.69, 9.17) is 4.74 Å². The average molecular weight is 355 g/mol. The second-order valence-corrected chi connectivity index (χ2v) is 5.53.